The smallest absolute Gasteiger partial charge is 0.243 e. The zero-order valence-electron chi connectivity index (χ0n) is 19.6. The molecule has 1 aliphatic heterocycles. The van der Waals surface area contributed by atoms with E-state index >= 15 is 0 Å². The summed E-state index contributed by atoms with van der Waals surface area (Å²) in [6.45, 7) is 3.98. The minimum absolute atomic E-state index is 0.319. The van der Waals surface area contributed by atoms with Gasteiger partial charge in [-0.3, -0.25) is 10.0 Å². The summed E-state index contributed by atoms with van der Waals surface area (Å²) in [6, 6.07) is 16.2. The number of carbonyl (C=O) groups is 1. The first-order valence-corrected chi connectivity index (χ1v) is 12.3. The van der Waals surface area contributed by atoms with E-state index in [9.17, 15) is 4.79 Å². The predicted molar refractivity (Wildman–Crippen MR) is 136 cm³/mol. The number of benzene rings is 2. The lowest BCUT2D eigenvalue weighted by Crippen LogP contribution is -2.32. The van der Waals surface area contributed by atoms with E-state index in [-0.39, 0.29) is 5.91 Å². The number of anilines is 1. The molecular weight excluding hydrogens is 448 g/mol. The van der Waals surface area contributed by atoms with Crippen molar-refractivity contribution < 1.29 is 10.0 Å². The van der Waals surface area contributed by atoms with E-state index in [1.54, 1.807) is 5.48 Å². The molecule has 0 radical (unpaired) electrons. The number of aryl methyl sites for hydroxylation is 2. The van der Waals surface area contributed by atoms with Crippen molar-refractivity contribution in [2.75, 3.05) is 18.0 Å². The summed E-state index contributed by atoms with van der Waals surface area (Å²) >= 11 is 6.14. The molecule has 178 valence electrons. The Labute approximate surface area is 206 Å². The molecule has 0 fully saturated rings. The molecule has 0 unspecified atom stereocenters. The van der Waals surface area contributed by atoms with Gasteiger partial charge in [0, 0.05) is 35.7 Å². The molecule has 2 heterocycles. The molecule has 0 atom stereocenters. The Bertz CT molecular complexity index is 1120. The highest BCUT2D eigenvalue weighted by atomic mass is 35.5. The summed E-state index contributed by atoms with van der Waals surface area (Å²) in [5.74, 6) is 0.666. The fourth-order valence-corrected chi connectivity index (χ4v) is 4.49. The summed E-state index contributed by atoms with van der Waals surface area (Å²) in [6.07, 6.45) is 6.15. The summed E-state index contributed by atoms with van der Waals surface area (Å²) in [5.41, 5.74) is 7.80. The Morgan fingerprint density at radius 3 is 2.32 bits per heavy atom. The van der Waals surface area contributed by atoms with Gasteiger partial charge in [0.1, 0.15) is 0 Å². The minimum atomic E-state index is -0.319. The Hall–Kier alpha value is -2.96. The van der Waals surface area contributed by atoms with Crippen LogP contribution in [0.1, 0.15) is 49.8 Å². The number of hydrogen-bond donors (Lipinski definition) is 2. The van der Waals surface area contributed by atoms with E-state index in [0.29, 0.717) is 11.4 Å². The van der Waals surface area contributed by atoms with Crippen LogP contribution in [-0.4, -0.2) is 34.2 Å². The first-order valence-electron chi connectivity index (χ1n) is 12.0. The summed E-state index contributed by atoms with van der Waals surface area (Å²) in [5, 5.41) is 9.30. The Morgan fingerprint density at radius 2 is 1.62 bits per heavy atom. The molecule has 4 rings (SSSR count). The van der Waals surface area contributed by atoms with Gasteiger partial charge in [0.05, 0.1) is 17.1 Å². The number of unbranched alkanes of at least 4 members (excludes halogenated alkanes) is 3. The highest BCUT2D eigenvalue weighted by Gasteiger charge is 2.23. The normalized spacial score (nSPS) is 13.0. The van der Waals surface area contributed by atoms with Crippen molar-refractivity contribution in [3.8, 4) is 22.5 Å². The van der Waals surface area contributed by atoms with Crippen molar-refractivity contribution in [2.24, 2.45) is 0 Å². The maximum Gasteiger partial charge on any atom is 0.243 e. The zero-order chi connectivity index (χ0) is 23.9. The van der Waals surface area contributed by atoms with Gasteiger partial charge in [-0.2, -0.15) is 0 Å². The van der Waals surface area contributed by atoms with Crippen LogP contribution in [0.15, 0.2) is 48.5 Å². The lowest BCUT2D eigenvalue weighted by atomic mass is 10.0. The molecule has 6 nitrogen and oxygen atoms in total. The second kappa shape index (κ2) is 11.4. The van der Waals surface area contributed by atoms with Crippen LogP contribution < -0.4 is 10.4 Å². The van der Waals surface area contributed by atoms with Crippen LogP contribution in [0.25, 0.3) is 22.5 Å². The number of amides is 1. The maximum atomic E-state index is 11.2. The first kappa shape index (κ1) is 24.2. The van der Waals surface area contributed by atoms with Gasteiger partial charge in [-0.25, -0.2) is 15.4 Å². The van der Waals surface area contributed by atoms with Crippen LogP contribution in [0.5, 0.6) is 0 Å². The van der Waals surface area contributed by atoms with E-state index in [1.165, 1.54) is 5.56 Å². The zero-order valence-corrected chi connectivity index (χ0v) is 20.3. The molecule has 3 aromatic rings. The molecule has 7 heteroatoms. The summed E-state index contributed by atoms with van der Waals surface area (Å²) in [4.78, 5) is 23.8. The number of rotatable bonds is 9. The molecule has 1 aromatic heterocycles. The van der Waals surface area contributed by atoms with Crippen molar-refractivity contribution in [1.29, 1.82) is 0 Å². The second-order valence-corrected chi connectivity index (χ2v) is 9.29. The highest BCUT2D eigenvalue weighted by Crippen LogP contribution is 2.35. The van der Waals surface area contributed by atoms with Crippen molar-refractivity contribution in [3.63, 3.8) is 0 Å². The average molecular weight is 479 g/mol. The lowest BCUT2D eigenvalue weighted by molar-refractivity contribution is -0.129. The number of carbonyl (C=O) groups excluding carboxylic acids is 1. The first-order chi connectivity index (χ1) is 16.5. The van der Waals surface area contributed by atoms with Gasteiger partial charge in [-0.1, -0.05) is 66.4 Å². The van der Waals surface area contributed by atoms with Crippen molar-refractivity contribution in [2.45, 2.75) is 51.9 Å². The number of nitrogens with zero attached hydrogens (tertiary/aromatic N) is 3. The molecule has 2 N–H and O–H groups in total. The SMILES string of the molecule is Cc1ccc(-c2nc3c(nc2-c2ccc(Cl)cc2)CCCN3CCCCCCC(=O)NO)cc1. The summed E-state index contributed by atoms with van der Waals surface area (Å²) in [7, 11) is 0. The third-order valence-corrected chi connectivity index (χ3v) is 6.49. The Balaban J connectivity index is 1.57. The third-order valence-electron chi connectivity index (χ3n) is 6.24. The van der Waals surface area contributed by atoms with Crippen LogP contribution in [-0.2, 0) is 11.2 Å². The molecule has 0 saturated heterocycles. The Morgan fingerprint density at radius 1 is 0.971 bits per heavy atom. The molecule has 2 aromatic carbocycles. The minimum Gasteiger partial charge on any atom is -0.355 e. The quantitative estimate of drug-likeness (QED) is 0.224. The average Bonchev–Trinajstić information content (AvgIpc) is 2.86. The molecule has 0 saturated carbocycles. The second-order valence-electron chi connectivity index (χ2n) is 8.85. The van der Waals surface area contributed by atoms with Gasteiger partial charge >= 0.3 is 0 Å². The Kier molecular flexibility index (Phi) is 8.14. The van der Waals surface area contributed by atoms with E-state index in [4.69, 9.17) is 26.8 Å². The van der Waals surface area contributed by atoms with Crippen molar-refractivity contribution in [1.82, 2.24) is 15.4 Å². The van der Waals surface area contributed by atoms with Crippen LogP contribution in [0, 0.1) is 6.92 Å². The third kappa shape index (κ3) is 5.93. The molecule has 1 amide bonds. The van der Waals surface area contributed by atoms with Crippen LogP contribution in [0.2, 0.25) is 5.02 Å². The highest BCUT2D eigenvalue weighted by molar-refractivity contribution is 6.30. The van der Waals surface area contributed by atoms with Gasteiger partial charge in [0.2, 0.25) is 5.91 Å². The fourth-order valence-electron chi connectivity index (χ4n) is 4.36. The molecule has 34 heavy (non-hydrogen) atoms. The van der Waals surface area contributed by atoms with E-state index in [1.807, 2.05) is 24.3 Å². The van der Waals surface area contributed by atoms with E-state index < -0.39 is 0 Å². The molecular formula is C27H31ClN4O2. The van der Waals surface area contributed by atoms with Crippen molar-refractivity contribution in [3.05, 3.63) is 64.8 Å². The monoisotopic (exact) mass is 478 g/mol. The fraction of sp³-hybridized carbons (Fsp3) is 0.370. The number of hydrogen-bond acceptors (Lipinski definition) is 5. The topological polar surface area (TPSA) is 78.4 Å². The van der Waals surface area contributed by atoms with E-state index in [0.717, 1.165) is 85.6 Å². The largest absolute Gasteiger partial charge is 0.355 e. The maximum absolute atomic E-state index is 11.2. The number of hydroxylamine groups is 1. The number of aromatic nitrogens is 2. The van der Waals surface area contributed by atoms with Crippen molar-refractivity contribution >= 4 is 23.3 Å². The standard InChI is InChI=1S/C27H31ClN4O2/c1-19-9-11-20(12-10-19)26-25(21-13-15-22(28)16-14-21)29-23-7-6-18-32(27(23)30-26)17-5-3-2-4-8-24(33)31-34/h9-16,34H,2-8,17-18H2,1H3,(H,31,33). The number of halogens is 1. The lowest BCUT2D eigenvalue weighted by Gasteiger charge is -2.30. The molecule has 0 spiro atoms. The van der Waals surface area contributed by atoms with Gasteiger partial charge in [-0.05, 0) is 44.7 Å². The van der Waals surface area contributed by atoms with Crippen LogP contribution in [0.4, 0.5) is 5.82 Å². The van der Waals surface area contributed by atoms with Crippen LogP contribution >= 0.6 is 11.6 Å². The van der Waals surface area contributed by atoms with Gasteiger partial charge < -0.3 is 4.90 Å². The number of fused-ring (bicyclic) bond motifs is 1. The van der Waals surface area contributed by atoms with Gasteiger partial charge in [0.15, 0.2) is 5.82 Å². The van der Waals surface area contributed by atoms with Crippen LogP contribution in [0.3, 0.4) is 0 Å². The molecule has 0 aliphatic carbocycles. The predicted octanol–water partition coefficient (Wildman–Crippen LogP) is 5.98. The van der Waals surface area contributed by atoms with Gasteiger partial charge in [-0.15, -0.1) is 0 Å². The van der Waals surface area contributed by atoms with Gasteiger partial charge in [0.25, 0.3) is 0 Å². The molecule has 0 bridgehead atoms. The van der Waals surface area contributed by atoms with E-state index in [2.05, 4.69) is 36.1 Å². The molecule has 1 aliphatic rings. The number of nitrogens with one attached hydrogen (secondary N) is 1. The summed E-state index contributed by atoms with van der Waals surface area (Å²) < 4.78 is 0.